The third-order valence-electron chi connectivity index (χ3n) is 5.37. The molecule has 8 nitrogen and oxygen atoms in total. The van der Waals surface area contributed by atoms with E-state index in [2.05, 4.69) is 27.5 Å². The number of carbonyl (C=O) groups excluding carboxylic acids is 2. The van der Waals surface area contributed by atoms with Gasteiger partial charge in [-0.3, -0.25) is 14.2 Å². The molecule has 164 valence electrons. The van der Waals surface area contributed by atoms with Crippen LogP contribution in [0.2, 0.25) is 5.02 Å². The Bertz CT molecular complexity index is 1280. The van der Waals surface area contributed by atoms with Crippen molar-refractivity contribution in [2.45, 2.75) is 32.4 Å². The van der Waals surface area contributed by atoms with Gasteiger partial charge in [0.15, 0.2) is 0 Å². The lowest BCUT2D eigenvalue weighted by molar-refractivity contribution is -0.124. The number of carbonyl (C=O) groups is 2. The minimum absolute atomic E-state index is 0.115. The van der Waals surface area contributed by atoms with Gasteiger partial charge in [0.25, 0.3) is 5.56 Å². The second-order valence-corrected chi connectivity index (χ2v) is 8.04. The topological polar surface area (TPSA) is 105 Å². The smallest absolute Gasteiger partial charge is 0.319 e. The summed E-state index contributed by atoms with van der Waals surface area (Å²) < 4.78 is 1.43. The summed E-state index contributed by atoms with van der Waals surface area (Å²) in [6.07, 6.45) is 1.07. The first kappa shape index (κ1) is 21.6. The van der Waals surface area contributed by atoms with Gasteiger partial charge in [-0.05, 0) is 55.7 Å². The van der Waals surface area contributed by atoms with Gasteiger partial charge < -0.3 is 16.0 Å². The van der Waals surface area contributed by atoms with Crippen molar-refractivity contribution in [1.82, 2.24) is 20.2 Å². The molecule has 2 heterocycles. The Labute approximate surface area is 189 Å². The first-order valence-electron chi connectivity index (χ1n) is 10.1. The molecule has 1 aliphatic heterocycles. The Morgan fingerprint density at radius 3 is 2.72 bits per heavy atom. The van der Waals surface area contributed by atoms with Gasteiger partial charge in [-0.25, -0.2) is 9.78 Å². The summed E-state index contributed by atoms with van der Waals surface area (Å²) in [5, 5.41) is 9.14. The van der Waals surface area contributed by atoms with Crippen LogP contribution in [0.4, 0.5) is 10.5 Å². The zero-order chi connectivity index (χ0) is 22.8. The van der Waals surface area contributed by atoms with Crippen LogP contribution in [-0.2, 0) is 11.3 Å². The summed E-state index contributed by atoms with van der Waals surface area (Å²) >= 11 is 5.86. The first-order valence-corrected chi connectivity index (χ1v) is 10.5. The Kier molecular flexibility index (Phi) is 5.96. The van der Waals surface area contributed by atoms with Crippen molar-refractivity contribution in [2.24, 2.45) is 0 Å². The zero-order valence-electron chi connectivity index (χ0n) is 17.4. The van der Waals surface area contributed by atoms with Crippen LogP contribution in [0.3, 0.4) is 0 Å². The lowest BCUT2D eigenvalue weighted by atomic mass is 10.0. The van der Waals surface area contributed by atoms with Crippen LogP contribution in [0.15, 0.2) is 59.5 Å². The summed E-state index contributed by atoms with van der Waals surface area (Å²) in [4.78, 5) is 42.8. The molecule has 0 radical (unpaired) electrons. The molecular weight excluding hydrogens is 430 g/mol. The molecule has 9 heteroatoms. The SMILES string of the molecule is C=C1CCC(n2c(C)nc3cccc(CNC(=O)Nc4ccc(Cl)cc4)c3c2=O)C(=O)N1. The Morgan fingerprint density at radius 1 is 1.25 bits per heavy atom. The Morgan fingerprint density at radius 2 is 2.00 bits per heavy atom. The molecule has 3 N–H and O–H groups in total. The lowest BCUT2D eigenvalue weighted by Crippen LogP contribution is -2.41. The highest BCUT2D eigenvalue weighted by Crippen LogP contribution is 2.23. The molecule has 1 unspecified atom stereocenters. The van der Waals surface area contributed by atoms with Crippen LogP contribution in [0.25, 0.3) is 10.9 Å². The highest BCUT2D eigenvalue weighted by Gasteiger charge is 2.28. The number of nitrogens with one attached hydrogen (secondary N) is 3. The largest absolute Gasteiger partial charge is 0.334 e. The molecule has 1 fully saturated rings. The second-order valence-electron chi connectivity index (χ2n) is 7.61. The molecule has 1 atom stereocenters. The van der Waals surface area contributed by atoms with Crippen LogP contribution < -0.4 is 21.5 Å². The maximum atomic E-state index is 13.4. The number of anilines is 1. The predicted octanol–water partition coefficient (Wildman–Crippen LogP) is 3.64. The molecular formula is C23H22ClN5O3. The van der Waals surface area contributed by atoms with Crippen LogP contribution in [-0.4, -0.2) is 21.5 Å². The van der Waals surface area contributed by atoms with E-state index in [9.17, 15) is 14.4 Å². The van der Waals surface area contributed by atoms with Gasteiger partial charge in [0, 0.05) is 23.0 Å². The summed E-state index contributed by atoms with van der Waals surface area (Å²) in [5.41, 5.74) is 2.05. The van der Waals surface area contributed by atoms with Crippen molar-refractivity contribution in [3.63, 3.8) is 0 Å². The van der Waals surface area contributed by atoms with Crippen molar-refractivity contribution >= 4 is 40.1 Å². The van der Waals surface area contributed by atoms with E-state index in [0.717, 1.165) is 0 Å². The Balaban J connectivity index is 1.61. The number of hydrogen-bond acceptors (Lipinski definition) is 4. The standard InChI is InChI=1S/C23H22ClN5O3/c1-13-6-11-19(21(30)26-13)29-14(2)27-18-5-3-4-15(20(18)22(29)31)12-25-23(32)28-17-9-7-16(24)8-10-17/h3-5,7-10,19H,1,6,11-12H2,2H3,(H,26,30)(H2,25,28,32). The number of amides is 3. The fraction of sp³-hybridized carbons (Fsp3) is 0.217. The molecule has 0 saturated carbocycles. The number of benzene rings is 2. The van der Waals surface area contributed by atoms with E-state index < -0.39 is 12.1 Å². The predicted molar refractivity (Wildman–Crippen MR) is 124 cm³/mol. The molecule has 0 spiro atoms. The van der Waals surface area contributed by atoms with Gasteiger partial charge in [0.1, 0.15) is 11.9 Å². The number of nitrogens with zero attached hydrogens (tertiary/aromatic N) is 2. The third-order valence-corrected chi connectivity index (χ3v) is 5.62. The second kappa shape index (κ2) is 8.84. The summed E-state index contributed by atoms with van der Waals surface area (Å²) in [7, 11) is 0. The molecule has 1 aromatic heterocycles. The number of piperidine rings is 1. The number of allylic oxidation sites excluding steroid dienone is 1. The minimum Gasteiger partial charge on any atom is -0.334 e. The fourth-order valence-electron chi connectivity index (χ4n) is 3.83. The molecule has 1 saturated heterocycles. The van der Waals surface area contributed by atoms with Gasteiger partial charge in [-0.1, -0.05) is 30.3 Å². The number of rotatable bonds is 4. The van der Waals surface area contributed by atoms with E-state index in [1.165, 1.54) is 4.57 Å². The van der Waals surface area contributed by atoms with Gasteiger partial charge in [-0.15, -0.1) is 0 Å². The number of urea groups is 1. The molecule has 0 bridgehead atoms. The van der Waals surface area contributed by atoms with E-state index >= 15 is 0 Å². The monoisotopic (exact) mass is 451 g/mol. The highest BCUT2D eigenvalue weighted by molar-refractivity contribution is 6.30. The van der Waals surface area contributed by atoms with Gasteiger partial charge in [0.2, 0.25) is 5.91 Å². The maximum Gasteiger partial charge on any atom is 0.319 e. The number of halogens is 1. The molecule has 0 aliphatic carbocycles. The van der Waals surface area contributed by atoms with E-state index in [4.69, 9.17) is 11.6 Å². The molecule has 32 heavy (non-hydrogen) atoms. The number of aryl methyl sites for hydroxylation is 1. The average Bonchev–Trinajstić information content (AvgIpc) is 2.75. The lowest BCUT2D eigenvalue weighted by Gasteiger charge is -2.26. The Hall–Kier alpha value is -3.65. The summed E-state index contributed by atoms with van der Waals surface area (Å²) in [6.45, 7) is 5.61. The molecule has 3 aromatic rings. The van der Waals surface area contributed by atoms with Crippen LogP contribution >= 0.6 is 11.6 Å². The van der Waals surface area contributed by atoms with Gasteiger partial charge in [-0.2, -0.15) is 0 Å². The van der Waals surface area contributed by atoms with E-state index in [0.29, 0.717) is 51.5 Å². The van der Waals surface area contributed by atoms with Crippen molar-refractivity contribution in [3.8, 4) is 0 Å². The van der Waals surface area contributed by atoms with Gasteiger partial charge in [0.05, 0.1) is 10.9 Å². The fourth-order valence-corrected chi connectivity index (χ4v) is 3.96. The highest BCUT2D eigenvalue weighted by atomic mass is 35.5. The van der Waals surface area contributed by atoms with E-state index in [1.807, 2.05) is 0 Å². The zero-order valence-corrected chi connectivity index (χ0v) is 18.2. The molecule has 4 rings (SSSR count). The quantitative estimate of drug-likeness (QED) is 0.563. The summed E-state index contributed by atoms with van der Waals surface area (Å²) in [5.74, 6) is 0.186. The van der Waals surface area contributed by atoms with E-state index in [1.54, 1.807) is 49.4 Å². The summed E-state index contributed by atoms with van der Waals surface area (Å²) in [6, 6.07) is 10.9. The normalized spacial score (nSPS) is 16.0. The van der Waals surface area contributed by atoms with Crippen LogP contribution in [0.5, 0.6) is 0 Å². The van der Waals surface area contributed by atoms with E-state index in [-0.39, 0.29) is 18.0 Å². The average molecular weight is 452 g/mol. The minimum atomic E-state index is -0.654. The van der Waals surface area contributed by atoms with Crippen molar-refractivity contribution in [2.75, 3.05) is 5.32 Å². The van der Waals surface area contributed by atoms with Crippen molar-refractivity contribution in [1.29, 1.82) is 0 Å². The number of aromatic nitrogens is 2. The van der Waals surface area contributed by atoms with Crippen LogP contribution in [0, 0.1) is 6.92 Å². The van der Waals surface area contributed by atoms with Crippen LogP contribution in [0.1, 0.15) is 30.3 Å². The molecule has 1 aliphatic rings. The van der Waals surface area contributed by atoms with Crippen molar-refractivity contribution in [3.05, 3.63) is 81.5 Å². The van der Waals surface area contributed by atoms with Crippen molar-refractivity contribution < 1.29 is 9.59 Å². The number of hydrogen-bond donors (Lipinski definition) is 3. The maximum absolute atomic E-state index is 13.4. The number of fused-ring (bicyclic) bond motifs is 1. The molecule has 3 amide bonds. The molecule has 2 aromatic carbocycles. The third kappa shape index (κ3) is 4.36. The van der Waals surface area contributed by atoms with Gasteiger partial charge >= 0.3 is 6.03 Å². The first-order chi connectivity index (χ1) is 15.3.